The van der Waals surface area contributed by atoms with Crippen molar-refractivity contribution in [2.45, 2.75) is 47.5 Å². The summed E-state index contributed by atoms with van der Waals surface area (Å²) >= 11 is 0. The molecule has 2 aromatic carbocycles. The summed E-state index contributed by atoms with van der Waals surface area (Å²) in [6, 6.07) is 11.4. The van der Waals surface area contributed by atoms with Gasteiger partial charge in [0.1, 0.15) is 0 Å². The minimum Gasteiger partial charge on any atom is -0.0651 e. The van der Waals surface area contributed by atoms with E-state index in [4.69, 9.17) is 0 Å². The summed E-state index contributed by atoms with van der Waals surface area (Å²) in [5.41, 5.74) is 9.87. The lowest BCUT2D eigenvalue weighted by atomic mass is 9.88. The number of hydrogen-bond donors (Lipinski definition) is 0. The van der Waals surface area contributed by atoms with Crippen molar-refractivity contribution in [3.05, 3.63) is 58.1 Å². The molecule has 100 valence electrons. The molecule has 0 nitrogen and oxygen atoms in total. The first-order valence-electron chi connectivity index (χ1n) is 7.21. The first kappa shape index (κ1) is 13.9. The summed E-state index contributed by atoms with van der Waals surface area (Å²) in [6.45, 7) is 11.1. The molecule has 0 aromatic heterocycles. The van der Waals surface area contributed by atoms with Crippen molar-refractivity contribution < 1.29 is 0 Å². The summed E-state index contributed by atoms with van der Waals surface area (Å²) < 4.78 is 0. The lowest BCUT2D eigenvalue weighted by Gasteiger charge is -2.17. The molecule has 0 saturated heterocycles. The van der Waals surface area contributed by atoms with Gasteiger partial charge in [-0.25, -0.2) is 0 Å². The van der Waals surface area contributed by atoms with Crippen molar-refractivity contribution in [3.63, 3.8) is 0 Å². The van der Waals surface area contributed by atoms with E-state index in [-0.39, 0.29) is 0 Å². The molecule has 2 aromatic rings. The van der Waals surface area contributed by atoms with Crippen LogP contribution < -0.4 is 0 Å². The van der Waals surface area contributed by atoms with Crippen molar-refractivity contribution in [1.29, 1.82) is 0 Å². The molecule has 0 radical (unpaired) electrons. The monoisotopic (exact) mass is 252 g/mol. The lowest BCUT2D eigenvalue weighted by Crippen LogP contribution is -1.96. The third-order valence-electron chi connectivity index (χ3n) is 4.00. The maximum atomic E-state index is 2.35. The quantitative estimate of drug-likeness (QED) is 0.672. The van der Waals surface area contributed by atoms with Crippen LogP contribution in [0.15, 0.2) is 30.3 Å². The summed E-state index contributed by atoms with van der Waals surface area (Å²) in [4.78, 5) is 0. The Balaban J connectivity index is 2.70. The van der Waals surface area contributed by atoms with Crippen molar-refractivity contribution >= 4 is 0 Å². The van der Waals surface area contributed by atoms with E-state index in [0.717, 1.165) is 6.42 Å². The minimum atomic E-state index is 1.16. The Kier molecular flexibility index (Phi) is 4.09. The van der Waals surface area contributed by atoms with Gasteiger partial charge in [0.25, 0.3) is 0 Å². The molecule has 19 heavy (non-hydrogen) atoms. The van der Waals surface area contributed by atoms with Gasteiger partial charge in [0, 0.05) is 0 Å². The van der Waals surface area contributed by atoms with Crippen molar-refractivity contribution in [2.75, 3.05) is 0 Å². The fourth-order valence-corrected chi connectivity index (χ4v) is 2.78. The molecule has 2 rings (SSSR count). The van der Waals surface area contributed by atoms with Gasteiger partial charge in [0.05, 0.1) is 0 Å². The van der Waals surface area contributed by atoms with Crippen LogP contribution in [0.2, 0.25) is 0 Å². The fraction of sp³-hybridized carbons (Fsp3) is 0.368. The van der Waals surface area contributed by atoms with E-state index in [1.165, 1.54) is 45.4 Å². The molecule has 0 N–H and O–H groups in total. The second-order valence-electron chi connectivity index (χ2n) is 5.61. The zero-order valence-corrected chi connectivity index (χ0v) is 12.8. The fourth-order valence-electron chi connectivity index (χ4n) is 2.78. The van der Waals surface area contributed by atoms with E-state index in [1.54, 1.807) is 0 Å². The highest BCUT2D eigenvalue weighted by Crippen LogP contribution is 2.33. The molecular formula is C19H24. The van der Waals surface area contributed by atoms with Crippen LogP contribution in [-0.2, 0) is 6.42 Å². The average molecular weight is 252 g/mol. The standard InChI is InChI=1S/C19H24/c1-6-7-17-11-8-13(2)12-18(17)19-15(4)10-9-14(3)16(19)5/h8-12H,6-7H2,1-5H3. The molecule has 0 aliphatic rings. The lowest BCUT2D eigenvalue weighted by molar-refractivity contribution is 0.922. The number of rotatable bonds is 3. The van der Waals surface area contributed by atoms with Crippen molar-refractivity contribution in [2.24, 2.45) is 0 Å². The summed E-state index contributed by atoms with van der Waals surface area (Å²) in [6.07, 6.45) is 2.35. The smallest absolute Gasteiger partial charge is 0.0120 e. The Labute approximate surface area is 117 Å². The molecular weight excluding hydrogens is 228 g/mol. The second-order valence-corrected chi connectivity index (χ2v) is 5.61. The molecule has 0 unspecified atom stereocenters. The second kappa shape index (κ2) is 5.61. The SMILES string of the molecule is CCCc1ccc(C)cc1-c1c(C)ccc(C)c1C. The first-order valence-corrected chi connectivity index (χ1v) is 7.21. The molecule has 0 heteroatoms. The zero-order valence-electron chi connectivity index (χ0n) is 12.8. The number of aryl methyl sites for hydroxylation is 4. The molecule has 0 saturated carbocycles. The van der Waals surface area contributed by atoms with Crippen LogP contribution in [0.3, 0.4) is 0 Å². The highest BCUT2D eigenvalue weighted by molar-refractivity contribution is 5.75. The third-order valence-corrected chi connectivity index (χ3v) is 4.00. The largest absolute Gasteiger partial charge is 0.0651 e. The van der Waals surface area contributed by atoms with Crippen LogP contribution in [0.5, 0.6) is 0 Å². The Morgan fingerprint density at radius 2 is 1.53 bits per heavy atom. The van der Waals surface area contributed by atoms with Crippen LogP contribution in [0.1, 0.15) is 41.2 Å². The minimum absolute atomic E-state index is 1.16. The van der Waals surface area contributed by atoms with Gasteiger partial charge in [0.2, 0.25) is 0 Å². The predicted molar refractivity (Wildman–Crippen MR) is 84.8 cm³/mol. The van der Waals surface area contributed by atoms with Gasteiger partial charge in [-0.1, -0.05) is 49.2 Å². The van der Waals surface area contributed by atoms with Gasteiger partial charge in [-0.05, 0) is 67.5 Å². The van der Waals surface area contributed by atoms with Crippen LogP contribution in [0, 0.1) is 27.7 Å². The van der Waals surface area contributed by atoms with Crippen molar-refractivity contribution in [1.82, 2.24) is 0 Å². The summed E-state index contributed by atoms with van der Waals surface area (Å²) in [5.74, 6) is 0. The van der Waals surface area contributed by atoms with Gasteiger partial charge < -0.3 is 0 Å². The van der Waals surface area contributed by atoms with Crippen molar-refractivity contribution in [3.8, 4) is 11.1 Å². The van der Waals surface area contributed by atoms with E-state index in [0.29, 0.717) is 0 Å². The molecule has 0 amide bonds. The summed E-state index contributed by atoms with van der Waals surface area (Å²) in [7, 11) is 0. The molecule has 0 bridgehead atoms. The van der Waals surface area contributed by atoms with E-state index in [2.05, 4.69) is 65.0 Å². The highest BCUT2D eigenvalue weighted by atomic mass is 14.2. The Bertz CT molecular complexity index is 591. The van der Waals surface area contributed by atoms with E-state index < -0.39 is 0 Å². The van der Waals surface area contributed by atoms with Crippen LogP contribution >= 0.6 is 0 Å². The molecule has 0 spiro atoms. The van der Waals surface area contributed by atoms with Crippen LogP contribution in [0.25, 0.3) is 11.1 Å². The summed E-state index contributed by atoms with van der Waals surface area (Å²) in [5, 5.41) is 0. The van der Waals surface area contributed by atoms with Gasteiger partial charge in [-0.2, -0.15) is 0 Å². The zero-order chi connectivity index (χ0) is 14.0. The molecule has 0 aliphatic heterocycles. The Morgan fingerprint density at radius 1 is 0.842 bits per heavy atom. The number of benzene rings is 2. The molecule has 0 fully saturated rings. The highest BCUT2D eigenvalue weighted by Gasteiger charge is 2.11. The van der Waals surface area contributed by atoms with E-state index in [1.807, 2.05) is 0 Å². The average Bonchev–Trinajstić information content (AvgIpc) is 2.38. The molecule has 0 heterocycles. The topological polar surface area (TPSA) is 0 Å². The van der Waals surface area contributed by atoms with Gasteiger partial charge in [-0.15, -0.1) is 0 Å². The first-order chi connectivity index (χ1) is 9.04. The number of hydrogen-bond acceptors (Lipinski definition) is 0. The van der Waals surface area contributed by atoms with E-state index >= 15 is 0 Å². The predicted octanol–water partition coefficient (Wildman–Crippen LogP) is 5.54. The maximum Gasteiger partial charge on any atom is -0.0120 e. The Morgan fingerprint density at radius 3 is 2.21 bits per heavy atom. The van der Waals surface area contributed by atoms with Gasteiger partial charge in [-0.3, -0.25) is 0 Å². The molecule has 0 aliphatic carbocycles. The van der Waals surface area contributed by atoms with Crippen LogP contribution in [-0.4, -0.2) is 0 Å². The normalized spacial score (nSPS) is 10.8. The van der Waals surface area contributed by atoms with Crippen LogP contribution in [0.4, 0.5) is 0 Å². The maximum absolute atomic E-state index is 2.35. The van der Waals surface area contributed by atoms with Gasteiger partial charge in [0.15, 0.2) is 0 Å². The molecule has 0 atom stereocenters. The Hall–Kier alpha value is -1.56. The third kappa shape index (κ3) is 2.73. The van der Waals surface area contributed by atoms with E-state index in [9.17, 15) is 0 Å². The van der Waals surface area contributed by atoms with Gasteiger partial charge >= 0.3 is 0 Å².